The maximum atomic E-state index is 3.20. The molecule has 1 N–H and O–H groups in total. The summed E-state index contributed by atoms with van der Waals surface area (Å²) in [5.41, 5.74) is 1.33. The summed E-state index contributed by atoms with van der Waals surface area (Å²) in [6, 6.07) is 10.5. The van der Waals surface area contributed by atoms with Crippen LogP contribution < -0.4 is 4.57 Å². The van der Waals surface area contributed by atoms with Gasteiger partial charge >= 0.3 is 5.16 Å². The Labute approximate surface area is 88.0 Å². The summed E-state index contributed by atoms with van der Waals surface area (Å²) in [7, 11) is 0. The topological polar surface area (TPSA) is 19.7 Å². The first kappa shape index (κ1) is 9.34. The molecule has 1 aromatic heterocycles. The molecule has 0 unspecified atom stereocenters. The molecule has 1 aromatic carbocycles. The number of H-pyrrole nitrogens is 1. The van der Waals surface area contributed by atoms with Crippen molar-refractivity contribution in [2.45, 2.75) is 11.7 Å². The highest BCUT2D eigenvalue weighted by Gasteiger charge is 2.08. The van der Waals surface area contributed by atoms with E-state index in [0.717, 1.165) is 6.54 Å². The fourth-order valence-corrected chi connectivity index (χ4v) is 1.98. The predicted octanol–water partition coefficient (Wildman–Crippen LogP) is 2.07. The monoisotopic (exact) mass is 205 g/mol. The van der Waals surface area contributed by atoms with Crippen LogP contribution in [0.4, 0.5) is 0 Å². The highest BCUT2D eigenvalue weighted by atomic mass is 32.2. The Morgan fingerprint density at radius 3 is 2.79 bits per heavy atom. The van der Waals surface area contributed by atoms with Gasteiger partial charge in [-0.15, -0.1) is 0 Å². The van der Waals surface area contributed by atoms with Crippen LogP contribution in [0.1, 0.15) is 5.56 Å². The van der Waals surface area contributed by atoms with Crippen LogP contribution in [0.2, 0.25) is 0 Å². The first-order chi connectivity index (χ1) is 6.90. The molecule has 0 aliphatic rings. The Hall–Kier alpha value is -1.22. The third-order valence-corrected chi connectivity index (χ3v) is 2.85. The zero-order valence-corrected chi connectivity index (χ0v) is 8.92. The summed E-state index contributed by atoms with van der Waals surface area (Å²) in [5.74, 6) is 0. The Morgan fingerprint density at radius 2 is 2.07 bits per heavy atom. The van der Waals surface area contributed by atoms with E-state index in [9.17, 15) is 0 Å². The van der Waals surface area contributed by atoms with Gasteiger partial charge in [0.05, 0.1) is 0 Å². The molecule has 0 amide bonds. The van der Waals surface area contributed by atoms with Crippen molar-refractivity contribution in [3.05, 3.63) is 48.3 Å². The molecule has 72 valence electrons. The van der Waals surface area contributed by atoms with E-state index in [1.165, 1.54) is 10.7 Å². The fourth-order valence-electron chi connectivity index (χ4n) is 1.43. The SMILES string of the molecule is CSc1[nH]cc[n+]1Cc1ccccc1. The first-order valence-electron chi connectivity index (χ1n) is 4.55. The van der Waals surface area contributed by atoms with Crippen molar-refractivity contribution in [2.24, 2.45) is 0 Å². The fraction of sp³-hybridized carbons (Fsp3) is 0.182. The highest BCUT2D eigenvalue weighted by Crippen LogP contribution is 2.06. The van der Waals surface area contributed by atoms with Gasteiger partial charge in [0.2, 0.25) is 0 Å². The van der Waals surface area contributed by atoms with Gasteiger partial charge in [0.25, 0.3) is 0 Å². The standard InChI is InChI=1S/C11H12N2S/c1-14-11-12-7-8-13(11)9-10-5-3-2-4-6-10/h2-8H,9H2,1H3/p+1. The lowest BCUT2D eigenvalue weighted by Crippen LogP contribution is -2.34. The first-order valence-corrected chi connectivity index (χ1v) is 5.77. The van der Waals surface area contributed by atoms with E-state index in [-0.39, 0.29) is 0 Å². The number of thioether (sulfide) groups is 1. The second kappa shape index (κ2) is 4.33. The molecule has 0 aliphatic heterocycles. The maximum Gasteiger partial charge on any atom is 0.315 e. The van der Waals surface area contributed by atoms with Gasteiger partial charge in [0.1, 0.15) is 18.9 Å². The van der Waals surface area contributed by atoms with Crippen LogP contribution >= 0.6 is 11.8 Å². The third kappa shape index (κ3) is 1.99. The molecule has 2 nitrogen and oxygen atoms in total. The molecule has 0 atom stereocenters. The van der Waals surface area contributed by atoms with Gasteiger partial charge in [-0.3, -0.25) is 0 Å². The van der Waals surface area contributed by atoms with Crippen molar-refractivity contribution >= 4 is 11.8 Å². The minimum Gasteiger partial charge on any atom is -0.238 e. The summed E-state index contributed by atoms with van der Waals surface area (Å²) < 4.78 is 2.21. The molecule has 3 heteroatoms. The number of benzene rings is 1. The molecular formula is C11H13N2S+. The van der Waals surface area contributed by atoms with Crippen LogP contribution in [0.25, 0.3) is 0 Å². The van der Waals surface area contributed by atoms with Gasteiger partial charge < -0.3 is 0 Å². The summed E-state index contributed by atoms with van der Waals surface area (Å²) in [6.45, 7) is 0.931. The van der Waals surface area contributed by atoms with Crippen LogP contribution in [0, 0.1) is 0 Å². The third-order valence-electron chi connectivity index (χ3n) is 2.11. The van der Waals surface area contributed by atoms with Gasteiger partial charge in [-0.25, -0.2) is 9.55 Å². The zero-order chi connectivity index (χ0) is 9.80. The van der Waals surface area contributed by atoms with E-state index in [1.54, 1.807) is 11.8 Å². The number of hydrogen-bond donors (Lipinski definition) is 1. The average Bonchev–Trinajstić information content (AvgIpc) is 2.67. The molecule has 2 aromatic rings. The number of rotatable bonds is 3. The van der Waals surface area contributed by atoms with Gasteiger partial charge in [-0.1, -0.05) is 30.3 Å². The summed E-state index contributed by atoms with van der Waals surface area (Å²) in [6.07, 6.45) is 6.11. The smallest absolute Gasteiger partial charge is 0.238 e. The van der Waals surface area contributed by atoms with E-state index in [0.29, 0.717) is 0 Å². The van der Waals surface area contributed by atoms with E-state index in [4.69, 9.17) is 0 Å². The summed E-state index contributed by atoms with van der Waals surface area (Å²) >= 11 is 1.73. The Balaban J connectivity index is 2.19. The van der Waals surface area contributed by atoms with Crippen molar-refractivity contribution in [1.29, 1.82) is 0 Å². The molecule has 0 fully saturated rings. The average molecular weight is 205 g/mol. The lowest BCUT2D eigenvalue weighted by atomic mass is 10.2. The van der Waals surface area contributed by atoms with Crippen molar-refractivity contribution in [3.8, 4) is 0 Å². The molecule has 0 spiro atoms. The second-order valence-corrected chi connectivity index (χ2v) is 3.88. The molecule has 1 heterocycles. The van der Waals surface area contributed by atoms with Crippen molar-refractivity contribution < 1.29 is 4.57 Å². The van der Waals surface area contributed by atoms with Crippen LogP contribution in [0.5, 0.6) is 0 Å². The molecule has 0 saturated heterocycles. The van der Waals surface area contributed by atoms with Crippen LogP contribution in [0.15, 0.2) is 47.9 Å². The van der Waals surface area contributed by atoms with Crippen LogP contribution in [-0.2, 0) is 6.54 Å². The van der Waals surface area contributed by atoms with E-state index in [1.807, 2.05) is 12.3 Å². The van der Waals surface area contributed by atoms with Gasteiger partial charge in [0, 0.05) is 0 Å². The molecule has 14 heavy (non-hydrogen) atoms. The van der Waals surface area contributed by atoms with Crippen LogP contribution in [0.3, 0.4) is 0 Å². The molecular weight excluding hydrogens is 192 g/mol. The van der Waals surface area contributed by atoms with E-state index >= 15 is 0 Å². The van der Waals surface area contributed by atoms with Crippen molar-refractivity contribution in [3.63, 3.8) is 0 Å². The molecule has 0 aliphatic carbocycles. The Morgan fingerprint density at radius 1 is 1.29 bits per heavy atom. The summed E-state index contributed by atoms with van der Waals surface area (Å²) in [5, 5.41) is 1.19. The van der Waals surface area contributed by atoms with Crippen LogP contribution in [-0.4, -0.2) is 11.2 Å². The molecule has 2 rings (SSSR count). The quantitative estimate of drug-likeness (QED) is 0.600. The lowest BCUT2D eigenvalue weighted by molar-refractivity contribution is -0.723. The lowest BCUT2D eigenvalue weighted by Gasteiger charge is -1.98. The Kier molecular flexibility index (Phi) is 2.89. The van der Waals surface area contributed by atoms with E-state index in [2.05, 4.69) is 46.3 Å². The normalized spacial score (nSPS) is 10.4. The minimum absolute atomic E-state index is 0.931. The van der Waals surface area contributed by atoms with Crippen molar-refractivity contribution in [1.82, 2.24) is 4.98 Å². The molecule has 0 radical (unpaired) electrons. The number of aromatic nitrogens is 2. The van der Waals surface area contributed by atoms with Gasteiger partial charge in [0.15, 0.2) is 0 Å². The zero-order valence-electron chi connectivity index (χ0n) is 8.10. The largest absolute Gasteiger partial charge is 0.315 e. The summed E-state index contributed by atoms with van der Waals surface area (Å²) in [4.78, 5) is 3.20. The number of imidazole rings is 1. The molecule has 0 saturated carbocycles. The minimum atomic E-state index is 0.931. The highest BCUT2D eigenvalue weighted by molar-refractivity contribution is 7.98. The maximum absolute atomic E-state index is 3.20. The number of aromatic amines is 1. The number of nitrogens with one attached hydrogen (secondary N) is 1. The number of nitrogens with zero attached hydrogens (tertiary/aromatic N) is 1. The molecule has 0 bridgehead atoms. The van der Waals surface area contributed by atoms with Gasteiger partial charge in [-0.05, 0) is 23.6 Å². The predicted molar refractivity (Wildman–Crippen MR) is 58.3 cm³/mol. The van der Waals surface area contributed by atoms with E-state index < -0.39 is 0 Å². The van der Waals surface area contributed by atoms with Gasteiger partial charge in [-0.2, -0.15) is 0 Å². The number of hydrogen-bond acceptors (Lipinski definition) is 1. The van der Waals surface area contributed by atoms with Crippen molar-refractivity contribution in [2.75, 3.05) is 6.26 Å². The second-order valence-electron chi connectivity index (χ2n) is 3.08. The Bertz CT molecular complexity index is 395.